The van der Waals surface area contributed by atoms with Crippen LogP contribution < -0.4 is 5.73 Å². The zero-order valence-electron chi connectivity index (χ0n) is 10.6. The first-order valence-corrected chi connectivity index (χ1v) is 5.94. The van der Waals surface area contributed by atoms with Crippen molar-refractivity contribution in [3.63, 3.8) is 0 Å². The number of nitrogens with two attached hydrogens (primary N) is 1. The number of aryl methyl sites for hydroxylation is 1. The maximum Gasteiger partial charge on any atom is 0.338 e. The lowest BCUT2D eigenvalue weighted by Crippen LogP contribution is -2.09. The van der Waals surface area contributed by atoms with Crippen LogP contribution in [0.1, 0.15) is 22.0 Å². The molecular formula is C12H13ClN4O2. The fourth-order valence-electron chi connectivity index (χ4n) is 1.44. The molecule has 100 valence electrons. The van der Waals surface area contributed by atoms with Crippen LogP contribution in [0.4, 0.5) is 5.69 Å². The van der Waals surface area contributed by atoms with E-state index < -0.39 is 5.97 Å². The predicted octanol–water partition coefficient (Wildman–Crippen LogP) is 1.72. The van der Waals surface area contributed by atoms with Gasteiger partial charge in [-0.2, -0.15) is 0 Å². The summed E-state index contributed by atoms with van der Waals surface area (Å²) < 4.78 is 6.89. The second kappa shape index (κ2) is 5.27. The van der Waals surface area contributed by atoms with Crippen LogP contribution in [0.5, 0.6) is 0 Å². The highest BCUT2D eigenvalue weighted by atomic mass is 35.5. The van der Waals surface area contributed by atoms with E-state index >= 15 is 0 Å². The number of ether oxygens (including phenoxy) is 1. The van der Waals surface area contributed by atoms with Gasteiger partial charge in [0.1, 0.15) is 5.82 Å². The Morgan fingerprint density at radius 1 is 1.47 bits per heavy atom. The predicted molar refractivity (Wildman–Crippen MR) is 70.7 cm³/mol. The molecule has 7 heteroatoms. The highest BCUT2D eigenvalue weighted by molar-refractivity contribution is 6.33. The quantitative estimate of drug-likeness (QED) is 0.684. The first kappa shape index (κ1) is 13.4. The molecule has 1 aromatic carbocycles. The van der Waals surface area contributed by atoms with Crippen molar-refractivity contribution in [1.29, 1.82) is 0 Å². The Hall–Kier alpha value is -2.08. The van der Waals surface area contributed by atoms with Crippen LogP contribution in [0.3, 0.4) is 0 Å². The number of hydrogen-bond donors (Lipinski definition) is 1. The first-order chi connectivity index (χ1) is 8.99. The third-order valence-electron chi connectivity index (χ3n) is 2.75. The Balaban J connectivity index is 2.05. The minimum atomic E-state index is -0.484. The molecule has 6 nitrogen and oxygen atoms in total. The first-order valence-electron chi connectivity index (χ1n) is 5.56. The lowest BCUT2D eigenvalue weighted by atomic mass is 10.2. The Labute approximate surface area is 115 Å². The van der Waals surface area contributed by atoms with Crippen LogP contribution in [0.2, 0.25) is 5.02 Å². The van der Waals surface area contributed by atoms with E-state index in [1.54, 1.807) is 23.7 Å². The summed E-state index contributed by atoms with van der Waals surface area (Å²) in [5, 5.41) is 8.10. The number of aromatic nitrogens is 3. The highest BCUT2D eigenvalue weighted by Gasteiger charge is 2.12. The van der Waals surface area contributed by atoms with Gasteiger partial charge in [0.15, 0.2) is 12.4 Å². The molecule has 0 radical (unpaired) electrons. The molecule has 0 saturated carbocycles. The molecule has 0 aliphatic heterocycles. The second-order valence-electron chi connectivity index (χ2n) is 4.03. The molecule has 0 bridgehead atoms. The van der Waals surface area contributed by atoms with E-state index in [-0.39, 0.29) is 6.61 Å². The zero-order valence-corrected chi connectivity index (χ0v) is 11.3. The van der Waals surface area contributed by atoms with Crippen LogP contribution in [0.25, 0.3) is 0 Å². The van der Waals surface area contributed by atoms with Gasteiger partial charge in [-0.3, -0.25) is 0 Å². The zero-order chi connectivity index (χ0) is 14.0. The average molecular weight is 281 g/mol. The molecule has 0 saturated heterocycles. The molecule has 0 aliphatic rings. The maximum absolute atomic E-state index is 11.8. The molecule has 0 atom stereocenters. The summed E-state index contributed by atoms with van der Waals surface area (Å²) >= 11 is 5.84. The SMILES string of the molecule is Cc1nnc(COC(=O)c2ccc(N)c(Cl)c2)n1C. The molecule has 0 unspecified atom stereocenters. The molecule has 0 aliphatic carbocycles. The number of halogens is 1. The van der Waals surface area contributed by atoms with E-state index in [0.29, 0.717) is 22.1 Å². The van der Waals surface area contributed by atoms with Crippen LogP contribution in [-0.2, 0) is 18.4 Å². The van der Waals surface area contributed by atoms with Crippen LogP contribution in [0.15, 0.2) is 18.2 Å². The number of nitrogens with zero attached hydrogens (tertiary/aromatic N) is 3. The third-order valence-corrected chi connectivity index (χ3v) is 3.08. The number of benzene rings is 1. The van der Waals surface area contributed by atoms with Gasteiger partial charge in [-0.1, -0.05) is 11.6 Å². The van der Waals surface area contributed by atoms with Gasteiger partial charge in [0, 0.05) is 7.05 Å². The van der Waals surface area contributed by atoms with E-state index in [1.807, 2.05) is 6.92 Å². The smallest absolute Gasteiger partial charge is 0.338 e. The maximum atomic E-state index is 11.8. The Morgan fingerprint density at radius 2 is 2.21 bits per heavy atom. The highest BCUT2D eigenvalue weighted by Crippen LogP contribution is 2.20. The van der Waals surface area contributed by atoms with E-state index in [0.717, 1.165) is 5.82 Å². The van der Waals surface area contributed by atoms with Gasteiger partial charge in [0.25, 0.3) is 0 Å². The summed E-state index contributed by atoms with van der Waals surface area (Å²) in [5.74, 6) is 0.844. The third kappa shape index (κ3) is 2.85. The summed E-state index contributed by atoms with van der Waals surface area (Å²) in [6.45, 7) is 1.87. The van der Waals surface area contributed by atoms with Crippen LogP contribution >= 0.6 is 11.6 Å². The van der Waals surface area contributed by atoms with Crippen LogP contribution in [-0.4, -0.2) is 20.7 Å². The van der Waals surface area contributed by atoms with Crippen molar-refractivity contribution in [2.75, 3.05) is 5.73 Å². The van der Waals surface area contributed by atoms with Crippen molar-refractivity contribution >= 4 is 23.3 Å². The van der Waals surface area contributed by atoms with Gasteiger partial charge < -0.3 is 15.0 Å². The van der Waals surface area contributed by atoms with Crippen molar-refractivity contribution in [2.45, 2.75) is 13.5 Å². The number of rotatable bonds is 3. The van der Waals surface area contributed by atoms with Crippen molar-refractivity contribution in [3.05, 3.63) is 40.4 Å². The van der Waals surface area contributed by atoms with Gasteiger partial charge >= 0.3 is 5.97 Å². The van der Waals surface area contributed by atoms with Crippen molar-refractivity contribution < 1.29 is 9.53 Å². The van der Waals surface area contributed by atoms with Crippen molar-refractivity contribution in [1.82, 2.24) is 14.8 Å². The van der Waals surface area contributed by atoms with Gasteiger partial charge in [-0.15, -0.1) is 10.2 Å². The topological polar surface area (TPSA) is 83.0 Å². The molecular weight excluding hydrogens is 268 g/mol. The van der Waals surface area contributed by atoms with E-state index in [1.165, 1.54) is 6.07 Å². The Bertz CT molecular complexity index is 624. The fraction of sp³-hybridized carbons (Fsp3) is 0.250. The van der Waals surface area contributed by atoms with E-state index in [4.69, 9.17) is 22.1 Å². The number of nitrogen functional groups attached to an aromatic ring is 1. The number of anilines is 1. The lowest BCUT2D eigenvalue weighted by molar-refractivity contribution is 0.0458. The molecule has 2 rings (SSSR count). The number of hydrogen-bond acceptors (Lipinski definition) is 5. The molecule has 2 N–H and O–H groups in total. The van der Waals surface area contributed by atoms with Crippen LogP contribution in [0, 0.1) is 6.92 Å². The second-order valence-corrected chi connectivity index (χ2v) is 4.44. The summed E-state index contributed by atoms with van der Waals surface area (Å²) in [7, 11) is 1.80. The molecule has 1 heterocycles. The minimum absolute atomic E-state index is 0.0537. The van der Waals surface area contributed by atoms with Gasteiger partial charge in [0.2, 0.25) is 0 Å². The summed E-state index contributed by atoms with van der Waals surface area (Å²) in [5.41, 5.74) is 6.33. The molecule has 1 aromatic heterocycles. The van der Waals surface area contributed by atoms with Gasteiger partial charge in [0.05, 0.1) is 16.3 Å². The average Bonchev–Trinajstić information content (AvgIpc) is 2.70. The molecule has 0 spiro atoms. The van der Waals surface area contributed by atoms with Crippen molar-refractivity contribution in [2.24, 2.45) is 7.05 Å². The summed E-state index contributed by atoms with van der Waals surface area (Å²) in [4.78, 5) is 11.8. The number of carbonyl (C=O) groups is 1. The molecule has 19 heavy (non-hydrogen) atoms. The number of esters is 1. The fourth-order valence-corrected chi connectivity index (χ4v) is 1.62. The lowest BCUT2D eigenvalue weighted by Gasteiger charge is -2.06. The summed E-state index contributed by atoms with van der Waals surface area (Å²) in [6.07, 6.45) is 0. The van der Waals surface area contributed by atoms with E-state index in [2.05, 4.69) is 10.2 Å². The number of carbonyl (C=O) groups excluding carboxylic acids is 1. The Kier molecular flexibility index (Phi) is 3.71. The monoisotopic (exact) mass is 280 g/mol. The molecule has 2 aromatic rings. The molecule has 0 amide bonds. The largest absolute Gasteiger partial charge is 0.454 e. The van der Waals surface area contributed by atoms with Gasteiger partial charge in [-0.05, 0) is 25.1 Å². The van der Waals surface area contributed by atoms with E-state index in [9.17, 15) is 4.79 Å². The minimum Gasteiger partial charge on any atom is -0.454 e. The van der Waals surface area contributed by atoms with Crippen molar-refractivity contribution in [3.8, 4) is 0 Å². The standard InChI is InChI=1S/C12H13ClN4O2/c1-7-15-16-11(17(7)2)6-19-12(18)8-3-4-10(14)9(13)5-8/h3-5H,6,14H2,1-2H3. The normalized spacial score (nSPS) is 10.5. The molecule has 0 fully saturated rings. The summed E-state index contributed by atoms with van der Waals surface area (Å²) in [6, 6.07) is 4.60. The Morgan fingerprint density at radius 3 is 2.79 bits per heavy atom. The van der Waals surface area contributed by atoms with Gasteiger partial charge in [-0.25, -0.2) is 4.79 Å².